The van der Waals surface area contributed by atoms with Crippen LogP contribution in [0.3, 0.4) is 0 Å². The van der Waals surface area contributed by atoms with Gasteiger partial charge < -0.3 is 16.0 Å². The summed E-state index contributed by atoms with van der Waals surface area (Å²) in [5, 5.41) is 3.52. The maximum atomic E-state index is 5.55. The molecule has 0 radical (unpaired) electrons. The minimum atomic E-state index is 0.801. The molecule has 0 fully saturated rings. The number of nitrogens with two attached hydrogens (primary N) is 1. The summed E-state index contributed by atoms with van der Waals surface area (Å²) in [6.45, 7) is 6.89. The first-order valence-corrected chi connectivity index (χ1v) is 11.7. The molecular formula is C23H47N3. The molecular weight excluding hydrogens is 318 g/mol. The van der Waals surface area contributed by atoms with Crippen molar-refractivity contribution < 1.29 is 0 Å². The Morgan fingerprint density at radius 3 is 1.73 bits per heavy atom. The molecule has 0 bridgehead atoms. The number of rotatable bonds is 7. The molecule has 1 aliphatic heterocycles. The molecule has 3 nitrogen and oxygen atoms in total. The van der Waals surface area contributed by atoms with Gasteiger partial charge in [0.15, 0.2) is 0 Å². The van der Waals surface area contributed by atoms with Crippen LogP contribution >= 0.6 is 0 Å². The number of nitrogens with zero attached hydrogens (tertiary/aromatic N) is 1. The molecule has 0 atom stereocenters. The summed E-state index contributed by atoms with van der Waals surface area (Å²) >= 11 is 0. The maximum absolute atomic E-state index is 5.55. The third kappa shape index (κ3) is 15.8. The molecule has 0 unspecified atom stereocenters. The van der Waals surface area contributed by atoms with Gasteiger partial charge in [-0.1, -0.05) is 57.1 Å². The molecule has 154 valence electrons. The zero-order chi connectivity index (χ0) is 18.5. The van der Waals surface area contributed by atoms with Gasteiger partial charge in [0, 0.05) is 0 Å². The van der Waals surface area contributed by atoms with Gasteiger partial charge in [0.05, 0.1) is 0 Å². The predicted octanol–water partition coefficient (Wildman–Crippen LogP) is 5.26. The van der Waals surface area contributed by atoms with Crippen LogP contribution in [0, 0.1) is 0 Å². The van der Waals surface area contributed by atoms with Crippen LogP contribution in [0.15, 0.2) is 12.2 Å². The largest absolute Gasteiger partial charge is 0.330 e. The molecule has 0 aromatic heterocycles. The average Bonchev–Trinajstić information content (AvgIpc) is 2.65. The molecule has 26 heavy (non-hydrogen) atoms. The Balaban J connectivity index is 2.22. The van der Waals surface area contributed by atoms with E-state index in [1.165, 1.54) is 110 Å². The molecule has 3 N–H and O–H groups in total. The second-order valence-electron chi connectivity index (χ2n) is 8.03. The van der Waals surface area contributed by atoms with Crippen molar-refractivity contribution in [1.29, 1.82) is 0 Å². The van der Waals surface area contributed by atoms with E-state index in [1.54, 1.807) is 0 Å². The highest BCUT2D eigenvalue weighted by molar-refractivity contribution is 4.81. The number of hydrogen-bond acceptors (Lipinski definition) is 3. The van der Waals surface area contributed by atoms with Gasteiger partial charge in [-0.2, -0.15) is 0 Å². The number of hydrogen-bond donors (Lipinski definition) is 2. The van der Waals surface area contributed by atoms with Crippen LogP contribution in [0.25, 0.3) is 0 Å². The molecule has 1 rings (SSSR count). The highest BCUT2D eigenvalue weighted by Gasteiger charge is 2.05. The Labute approximate surface area is 164 Å². The van der Waals surface area contributed by atoms with Gasteiger partial charge in [0.1, 0.15) is 0 Å². The van der Waals surface area contributed by atoms with Crippen molar-refractivity contribution in [3.63, 3.8) is 0 Å². The van der Waals surface area contributed by atoms with Crippen molar-refractivity contribution >= 4 is 0 Å². The lowest BCUT2D eigenvalue weighted by molar-refractivity contribution is 0.256. The quantitative estimate of drug-likeness (QED) is 0.478. The van der Waals surface area contributed by atoms with E-state index in [-0.39, 0.29) is 0 Å². The lowest BCUT2D eigenvalue weighted by atomic mass is 10.1. The summed E-state index contributed by atoms with van der Waals surface area (Å²) in [6.07, 6.45) is 25.3. The van der Waals surface area contributed by atoms with Gasteiger partial charge in [-0.25, -0.2) is 0 Å². The average molecular weight is 366 g/mol. The monoisotopic (exact) mass is 365 g/mol. The van der Waals surface area contributed by atoms with E-state index in [1.807, 2.05) is 0 Å². The fourth-order valence-electron chi connectivity index (χ4n) is 3.78. The Hall–Kier alpha value is -0.380. The van der Waals surface area contributed by atoms with Crippen LogP contribution in [-0.4, -0.2) is 44.2 Å². The molecule has 0 spiro atoms. The summed E-state index contributed by atoms with van der Waals surface area (Å²) in [6, 6.07) is 0. The number of nitrogens with one attached hydrogen (secondary N) is 1. The molecule has 3 heteroatoms. The van der Waals surface area contributed by atoms with E-state index < -0.39 is 0 Å². The van der Waals surface area contributed by atoms with E-state index in [2.05, 4.69) is 22.4 Å². The van der Waals surface area contributed by atoms with Crippen molar-refractivity contribution in [2.75, 3.05) is 39.3 Å². The zero-order valence-corrected chi connectivity index (χ0v) is 17.5. The van der Waals surface area contributed by atoms with E-state index in [0.29, 0.717) is 0 Å². The third-order valence-electron chi connectivity index (χ3n) is 5.49. The second kappa shape index (κ2) is 19.4. The van der Waals surface area contributed by atoms with Crippen molar-refractivity contribution in [2.45, 2.75) is 96.3 Å². The lowest BCUT2D eigenvalue weighted by Crippen LogP contribution is -2.30. The smallest absolute Gasteiger partial charge is 0.000664 e. The third-order valence-corrected chi connectivity index (χ3v) is 5.49. The van der Waals surface area contributed by atoms with Crippen molar-refractivity contribution in [3.05, 3.63) is 12.2 Å². The summed E-state index contributed by atoms with van der Waals surface area (Å²) in [4.78, 5) is 2.73. The van der Waals surface area contributed by atoms with Crippen molar-refractivity contribution in [3.8, 4) is 0 Å². The van der Waals surface area contributed by atoms with Gasteiger partial charge in [0.25, 0.3) is 0 Å². The molecule has 0 aromatic carbocycles. The minimum absolute atomic E-state index is 0.801. The molecule has 0 aliphatic carbocycles. The van der Waals surface area contributed by atoms with Gasteiger partial charge in [-0.3, -0.25) is 0 Å². The fourth-order valence-corrected chi connectivity index (χ4v) is 3.78. The van der Waals surface area contributed by atoms with Crippen LogP contribution in [0.1, 0.15) is 96.3 Å². The fraction of sp³-hybridized carbons (Fsp3) is 0.913. The Morgan fingerprint density at radius 1 is 0.654 bits per heavy atom. The van der Waals surface area contributed by atoms with Crippen LogP contribution < -0.4 is 11.1 Å². The Kier molecular flexibility index (Phi) is 17.6. The molecule has 0 aromatic rings. The Bertz CT molecular complexity index is 304. The normalized spacial score (nSPS) is 21.7. The first-order chi connectivity index (χ1) is 12.9. The Morgan fingerprint density at radius 2 is 1.15 bits per heavy atom. The van der Waals surface area contributed by atoms with Crippen LogP contribution in [-0.2, 0) is 0 Å². The molecule has 1 heterocycles. The van der Waals surface area contributed by atoms with Gasteiger partial charge >= 0.3 is 0 Å². The second-order valence-corrected chi connectivity index (χ2v) is 8.03. The van der Waals surface area contributed by atoms with Crippen molar-refractivity contribution in [1.82, 2.24) is 10.2 Å². The highest BCUT2D eigenvalue weighted by Crippen LogP contribution is 2.12. The van der Waals surface area contributed by atoms with Gasteiger partial charge in [-0.15, -0.1) is 0 Å². The summed E-state index contributed by atoms with van der Waals surface area (Å²) in [5.41, 5.74) is 5.55. The van der Waals surface area contributed by atoms with E-state index >= 15 is 0 Å². The SMILES string of the molecule is NCCCNCCCN1CCCCCC/C=C/CCCCCCCCC1. The van der Waals surface area contributed by atoms with Crippen LogP contribution in [0.4, 0.5) is 0 Å². The zero-order valence-electron chi connectivity index (χ0n) is 17.5. The number of allylic oxidation sites excluding steroid dienone is 2. The van der Waals surface area contributed by atoms with Crippen LogP contribution in [0.2, 0.25) is 0 Å². The topological polar surface area (TPSA) is 41.3 Å². The van der Waals surface area contributed by atoms with E-state index in [0.717, 1.165) is 26.1 Å². The van der Waals surface area contributed by atoms with E-state index in [4.69, 9.17) is 5.73 Å². The predicted molar refractivity (Wildman–Crippen MR) is 117 cm³/mol. The molecule has 1 aliphatic rings. The lowest BCUT2D eigenvalue weighted by Gasteiger charge is -2.22. The highest BCUT2D eigenvalue weighted by atomic mass is 15.1. The standard InChI is InChI=1S/C23H47N3/c24-18-16-19-25-20-17-23-26-21-14-12-10-8-6-4-2-1-3-5-7-9-11-13-15-22-26/h2,4,25H,1,3,5-24H2/b4-2+. The van der Waals surface area contributed by atoms with Crippen LogP contribution in [0.5, 0.6) is 0 Å². The maximum Gasteiger partial charge on any atom is -0.000664 e. The molecule has 0 amide bonds. The summed E-state index contributed by atoms with van der Waals surface area (Å²) in [7, 11) is 0. The van der Waals surface area contributed by atoms with Gasteiger partial charge in [0.2, 0.25) is 0 Å². The first kappa shape index (κ1) is 23.7. The molecule has 0 saturated heterocycles. The first-order valence-electron chi connectivity index (χ1n) is 11.7. The summed E-state index contributed by atoms with van der Waals surface area (Å²) in [5.74, 6) is 0. The molecule has 0 saturated carbocycles. The summed E-state index contributed by atoms with van der Waals surface area (Å²) < 4.78 is 0. The van der Waals surface area contributed by atoms with Gasteiger partial charge in [-0.05, 0) is 90.6 Å². The van der Waals surface area contributed by atoms with E-state index in [9.17, 15) is 0 Å². The van der Waals surface area contributed by atoms with Crippen molar-refractivity contribution in [2.24, 2.45) is 5.73 Å². The minimum Gasteiger partial charge on any atom is -0.330 e.